The van der Waals surface area contributed by atoms with Crippen LogP contribution in [0, 0.1) is 0 Å². The molecule has 1 aromatic rings. The number of hydrogen-bond donors (Lipinski definition) is 3. The van der Waals surface area contributed by atoms with E-state index in [0.29, 0.717) is 12.1 Å². The number of urea groups is 1. The standard InChI is InChI=1S/C13H16N2O5/c1-15-5-9-4-8(2-3-10(9)14-13(15)19)11(16)6-20-7-12(17)18/h2-4,11,16H,5-7H2,1H3,(H,14,19)(H,17,18). The highest BCUT2D eigenvalue weighted by atomic mass is 16.5. The van der Waals surface area contributed by atoms with E-state index in [2.05, 4.69) is 5.32 Å². The molecule has 0 radical (unpaired) electrons. The van der Waals surface area contributed by atoms with Gasteiger partial charge in [-0.05, 0) is 23.3 Å². The van der Waals surface area contributed by atoms with E-state index in [1.165, 1.54) is 4.90 Å². The summed E-state index contributed by atoms with van der Waals surface area (Å²) in [4.78, 5) is 23.3. The number of anilines is 1. The van der Waals surface area contributed by atoms with Crippen LogP contribution in [0.5, 0.6) is 0 Å². The average Bonchev–Trinajstić information content (AvgIpc) is 2.39. The summed E-state index contributed by atoms with van der Waals surface area (Å²) >= 11 is 0. The molecular weight excluding hydrogens is 264 g/mol. The number of carboxylic acids is 1. The van der Waals surface area contributed by atoms with E-state index in [1.54, 1.807) is 25.2 Å². The molecule has 2 rings (SSSR count). The van der Waals surface area contributed by atoms with E-state index in [9.17, 15) is 14.7 Å². The van der Waals surface area contributed by atoms with Crippen molar-refractivity contribution in [3.8, 4) is 0 Å². The average molecular weight is 280 g/mol. The predicted molar refractivity (Wildman–Crippen MR) is 70.3 cm³/mol. The number of nitrogens with zero attached hydrogens (tertiary/aromatic N) is 1. The maximum absolute atomic E-state index is 11.5. The Morgan fingerprint density at radius 1 is 1.55 bits per heavy atom. The highest BCUT2D eigenvalue weighted by molar-refractivity contribution is 5.92. The number of aliphatic hydroxyl groups excluding tert-OH is 1. The van der Waals surface area contributed by atoms with Crippen LogP contribution in [-0.2, 0) is 16.1 Å². The fourth-order valence-electron chi connectivity index (χ4n) is 1.97. The molecule has 0 bridgehead atoms. The number of aliphatic hydroxyl groups is 1. The molecule has 1 unspecified atom stereocenters. The molecule has 0 saturated carbocycles. The minimum absolute atomic E-state index is 0.0900. The van der Waals surface area contributed by atoms with Gasteiger partial charge in [0, 0.05) is 19.3 Å². The van der Waals surface area contributed by atoms with Gasteiger partial charge in [0.2, 0.25) is 0 Å². The summed E-state index contributed by atoms with van der Waals surface area (Å²) < 4.78 is 4.86. The van der Waals surface area contributed by atoms with Crippen LogP contribution in [0.3, 0.4) is 0 Å². The first kappa shape index (κ1) is 14.3. The van der Waals surface area contributed by atoms with Gasteiger partial charge < -0.3 is 25.2 Å². The Bertz CT molecular complexity index is 531. The van der Waals surface area contributed by atoms with Gasteiger partial charge in [0.15, 0.2) is 0 Å². The number of hydrogen-bond acceptors (Lipinski definition) is 4. The Morgan fingerprint density at radius 2 is 2.30 bits per heavy atom. The number of fused-ring (bicyclic) bond motifs is 1. The monoisotopic (exact) mass is 280 g/mol. The topological polar surface area (TPSA) is 99.1 Å². The molecule has 3 N–H and O–H groups in total. The van der Waals surface area contributed by atoms with Crippen LogP contribution in [0.15, 0.2) is 18.2 Å². The predicted octanol–water partition coefficient (Wildman–Crippen LogP) is 0.798. The second-order valence-corrected chi connectivity index (χ2v) is 4.63. The molecule has 1 aliphatic heterocycles. The van der Waals surface area contributed by atoms with Crippen molar-refractivity contribution >= 4 is 17.7 Å². The highest BCUT2D eigenvalue weighted by Gasteiger charge is 2.20. The minimum Gasteiger partial charge on any atom is -0.480 e. The maximum Gasteiger partial charge on any atom is 0.329 e. The van der Waals surface area contributed by atoms with Crippen LogP contribution in [0.1, 0.15) is 17.2 Å². The highest BCUT2D eigenvalue weighted by Crippen LogP contribution is 2.26. The number of rotatable bonds is 5. The summed E-state index contributed by atoms with van der Waals surface area (Å²) in [6.07, 6.45) is -0.900. The van der Waals surface area contributed by atoms with Crippen LogP contribution in [0.4, 0.5) is 10.5 Å². The van der Waals surface area contributed by atoms with Crippen LogP contribution in [-0.4, -0.2) is 47.4 Å². The quantitative estimate of drug-likeness (QED) is 0.741. The zero-order valence-corrected chi connectivity index (χ0v) is 11.0. The lowest BCUT2D eigenvalue weighted by Crippen LogP contribution is -2.35. The van der Waals surface area contributed by atoms with Crippen molar-refractivity contribution in [3.63, 3.8) is 0 Å². The van der Waals surface area contributed by atoms with Crippen LogP contribution < -0.4 is 5.32 Å². The van der Waals surface area contributed by atoms with E-state index < -0.39 is 18.7 Å². The van der Waals surface area contributed by atoms with Gasteiger partial charge in [-0.1, -0.05) is 6.07 Å². The Morgan fingerprint density at radius 3 is 3.00 bits per heavy atom. The van der Waals surface area contributed by atoms with Gasteiger partial charge in [-0.3, -0.25) is 0 Å². The van der Waals surface area contributed by atoms with Crippen molar-refractivity contribution < 1.29 is 24.5 Å². The van der Waals surface area contributed by atoms with E-state index in [4.69, 9.17) is 9.84 Å². The van der Waals surface area contributed by atoms with Crippen LogP contribution in [0.2, 0.25) is 0 Å². The normalized spacial score (nSPS) is 15.5. The molecule has 0 aromatic heterocycles. The molecule has 0 spiro atoms. The van der Waals surface area contributed by atoms with Gasteiger partial charge in [0.25, 0.3) is 0 Å². The van der Waals surface area contributed by atoms with Crippen LogP contribution in [0.25, 0.3) is 0 Å². The first-order valence-corrected chi connectivity index (χ1v) is 6.10. The first-order valence-electron chi connectivity index (χ1n) is 6.10. The summed E-state index contributed by atoms with van der Waals surface area (Å²) in [6.45, 7) is -0.0776. The second-order valence-electron chi connectivity index (χ2n) is 4.63. The molecule has 0 saturated heterocycles. The lowest BCUT2D eigenvalue weighted by molar-refractivity contribution is -0.143. The third kappa shape index (κ3) is 3.25. The number of carboxylic acid groups (broad SMARTS) is 1. The largest absolute Gasteiger partial charge is 0.480 e. The van der Waals surface area contributed by atoms with Crippen molar-refractivity contribution in [2.45, 2.75) is 12.6 Å². The van der Waals surface area contributed by atoms with E-state index >= 15 is 0 Å². The lowest BCUT2D eigenvalue weighted by atomic mass is 10.0. The SMILES string of the molecule is CN1Cc2cc(C(O)COCC(=O)O)ccc2NC1=O. The zero-order chi connectivity index (χ0) is 14.7. The van der Waals surface area contributed by atoms with Gasteiger partial charge in [-0.25, -0.2) is 9.59 Å². The first-order chi connectivity index (χ1) is 9.47. The van der Waals surface area contributed by atoms with E-state index in [0.717, 1.165) is 11.3 Å². The maximum atomic E-state index is 11.5. The number of carbonyl (C=O) groups is 2. The number of aliphatic carboxylic acids is 1. The van der Waals surface area contributed by atoms with Crippen molar-refractivity contribution in [3.05, 3.63) is 29.3 Å². The molecule has 2 amide bonds. The zero-order valence-electron chi connectivity index (χ0n) is 11.0. The minimum atomic E-state index is -1.08. The van der Waals surface area contributed by atoms with Crippen LogP contribution >= 0.6 is 0 Å². The van der Waals surface area contributed by atoms with Gasteiger partial charge in [0.05, 0.1) is 6.61 Å². The molecule has 7 nitrogen and oxygen atoms in total. The number of benzene rings is 1. The summed E-state index contributed by atoms with van der Waals surface area (Å²) in [6, 6.07) is 5.01. The number of ether oxygens (including phenoxy) is 1. The molecule has 20 heavy (non-hydrogen) atoms. The molecule has 7 heteroatoms. The number of carbonyl (C=O) groups excluding carboxylic acids is 1. The van der Waals surface area contributed by atoms with Crippen molar-refractivity contribution in [1.82, 2.24) is 4.90 Å². The fourth-order valence-corrected chi connectivity index (χ4v) is 1.97. The molecule has 1 atom stereocenters. The molecule has 1 aromatic carbocycles. The summed E-state index contributed by atoms with van der Waals surface area (Å²) in [5, 5.41) is 21.1. The lowest BCUT2D eigenvalue weighted by Gasteiger charge is -2.26. The Kier molecular flexibility index (Phi) is 4.21. The van der Waals surface area contributed by atoms with Gasteiger partial charge >= 0.3 is 12.0 Å². The fraction of sp³-hybridized carbons (Fsp3) is 0.385. The molecule has 0 aliphatic carbocycles. The molecule has 1 aliphatic rings. The summed E-state index contributed by atoms with van der Waals surface area (Å²) in [7, 11) is 1.68. The number of amides is 2. The van der Waals surface area contributed by atoms with E-state index in [-0.39, 0.29) is 12.6 Å². The van der Waals surface area contributed by atoms with Gasteiger partial charge in [0.1, 0.15) is 12.7 Å². The van der Waals surface area contributed by atoms with E-state index in [1.807, 2.05) is 0 Å². The summed E-state index contributed by atoms with van der Waals surface area (Å²) in [5.41, 5.74) is 2.23. The molecule has 0 fully saturated rings. The Labute approximate surface area is 115 Å². The van der Waals surface area contributed by atoms with Gasteiger partial charge in [-0.2, -0.15) is 0 Å². The Balaban J connectivity index is 2.05. The van der Waals surface area contributed by atoms with Crippen molar-refractivity contribution in [2.24, 2.45) is 0 Å². The van der Waals surface area contributed by atoms with Gasteiger partial charge in [-0.15, -0.1) is 0 Å². The molecular formula is C13H16N2O5. The third-order valence-electron chi connectivity index (χ3n) is 3.01. The smallest absolute Gasteiger partial charge is 0.329 e. The third-order valence-corrected chi connectivity index (χ3v) is 3.01. The molecule has 108 valence electrons. The van der Waals surface area contributed by atoms with Crippen molar-refractivity contribution in [1.29, 1.82) is 0 Å². The van der Waals surface area contributed by atoms with Crippen molar-refractivity contribution in [2.75, 3.05) is 25.6 Å². The second kappa shape index (κ2) is 5.89. The molecule has 1 heterocycles. The number of nitrogens with one attached hydrogen (secondary N) is 1. The summed E-state index contributed by atoms with van der Waals surface area (Å²) in [5.74, 6) is -1.08. The Hall–Kier alpha value is -2.12.